The zero-order valence-electron chi connectivity index (χ0n) is 6.76. The summed E-state index contributed by atoms with van der Waals surface area (Å²) in [5.41, 5.74) is 0. The third-order valence-corrected chi connectivity index (χ3v) is 1.28. The molecule has 0 aliphatic carbocycles. The number of amides is 1. The second-order valence-electron chi connectivity index (χ2n) is 2.22. The molecule has 60 valence electrons. The Morgan fingerprint density at radius 1 is 1.91 bits per heavy atom. The largest absolute Gasteiger partial charge is 0.339 e. The molecule has 2 nitrogen and oxygen atoms in total. The zero-order valence-corrected chi connectivity index (χ0v) is 6.76. The summed E-state index contributed by atoms with van der Waals surface area (Å²) in [7, 11) is 0. The summed E-state index contributed by atoms with van der Waals surface area (Å²) < 4.78 is 0. The van der Waals surface area contributed by atoms with Crippen molar-refractivity contribution in [2.75, 3.05) is 0 Å². The van der Waals surface area contributed by atoms with Crippen molar-refractivity contribution in [2.45, 2.75) is 25.8 Å². The van der Waals surface area contributed by atoms with E-state index in [0.29, 0.717) is 0 Å². The van der Waals surface area contributed by atoms with E-state index in [2.05, 4.69) is 17.8 Å². The summed E-state index contributed by atoms with van der Waals surface area (Å²) in [6.07, 6.45) is 8.17. The highest BCUT2D eigenvalue weighted by atomic mass is 16.1. The van der Waals surface area contributed by atoms with E-state index in [1.54, 1.807) is 0 Å². The monoisotopic (exact) mass is 151 g/mol. The Labute approximate surface area is 67.7 Å². The summed E-state index contributed by atoms with van der Waals surface area (Å²) in [5, 5.41) is 2.62. The molecule has 0 radical (unpaired) electrons. The van der Waals surface area contributed by atoms with Gasteiger partial charge in [0.25, 0.3) is 0 Å². The molecule has 0 heterocycles. The summed E-state index contributed by atoms with van der Waals surface area (Å²) >= 11 is 0. The minimum absolute atomic E-state index is 0.148. The summed E-state index contributed by atoms with van der Waals surface area (Å²) in [6.45, 7) is 5.35. The fourth-order valence-corrected chi connectivity index (χ4v) is 0.716. The van der Waals surface area contributed by atoms with Crippen LogP contribution in [0, 0.1) is 12.3 Å². The number of hydrogen-bond acceptors (Lipinski definition) is 1. The highest BCUT2D eigenvalue weighted by Gasteiger charge is 2.03. The quantitative estimate of drug-likeness (QED) is 0.473. The van der Waals surface area contributed by atoms with Crippen LogP contribution in [0.15, 0.2) is 12.7 Å². The number of carbonyl (C=O) groups excluding carboxylic acids is 1. The molecule has 0 bridgehead atoms. The topological polar surface area (TPSA) is 29.1 Å². The third-order valence-electron chi connectivity index (χ3n) is 1.28. The first-order valence-corrected chi connectivity index (χ1v) is 3.63. The van der Waals surface area contributed by atoms with Crippen molar-refractivity contribution >= 4 is 5.91 Å². The van der Waals surface area contributed by atoms with Crippen LogP contribution in [-0.4, -0.2) is 11.9 Å². The van der Waals surface area contributed by atoms with Crippen LogP contribution < -0.4 is 5.32 Å². The first kappa shape index (κ1) is 9.77. The number of terminal acetylenes is 1. The van der Waals surface area contributed by atoms with E-state index in [1.807, 2.05) is 6.92 Å². The smallest absolute Gasteiger partial charge is 0.244 e. The average Bonchev–Trinajstić information content (AvgIpc) is 2.03. The Hall–Kier alpha value is -1.23. The van der Waals surface area contributed by atoms with Gasteiger partial charge in [-0.15, -0.1) is 6.42 Å². The van der Waals surface area contributed by atoms with Crippen LogP contribution >= 0.6 is 0 Å². The van der Waals surface area contributed by atoms with Crippen molar-refractivity contribution in [3.8, 4) is 12.3 Å². The Morgan fingerprint density at radius 2 is 2.55 bits per heavy atom. The highest BCUT2D eigenvalue weighted by Crippen LogP contribution is 1.93. The maximum Gasteiger partial charge on any atom is 0.244 e. The SMILES string of the molecule is C#CC(CCC)NC(=O)C=C. The molecule has 0 saturated carbocycles. The van der Waals surface area contributed by atoms with Gasteiger partial charge < -0.3 is 5.32 Å². The van der Waals surface area contributed by atoms with Gasteiger partial charge >= 0.3 is 0 Å². The van der Waals surface area contributed by atoms with Crippen LogP contribution in [0.4, 0.5) is 0 Å². The molecule has 0 saturated heterocycles. The fraction of sp³-hybridized carbons (Fsp3) is 0.444. The van der Waals surface area contributed by atoms with Gasteiger partial charge in [-0.1, -0.05) is 25.8 Å². The van der Waals surface area contributed by atoms with E-state index >= 15 is 0 Å². The van der Waals surface area contributed by atoms with Crippen molar-refractivity contribution in [1.29, 1.82) is 0 Å². The Balaban J connectivity index is 3.79. The molecular weight excluding hydrogens is 138 g/mol. The second kappa shape index (κ2) is 5.55. The molecule has 0 aromatic heterocycles. The molecule has 0 fully saturated rings. The molecule has 1 N–H and O–H groups in total. The number of rotatable bonds is 4. The lowest BCUT2D eigenvalue weighted by atomic mass is 10.2. The fourth-order valence-electron chi connectivity index (χ4n) is 0.716. The minimum Gasteiger partial charge on any atom is -0.339 e. The van der Waals surface area contributed by atoms with Crippen molar-refractivity contribution in [1.82, 2.24) is 5.32 Å². The van der Waals surface area contributed by atoms with Gasteiger partial charge in [0.15, 0.2) is 0 Å². The van der Waals surface area contributed by atoms with Crippen LogP contribution in [0.3, 0.4) is 0 Å². The molecule has 0 aliphatic heterocycles. The van der Waals surface area contributed by atoms with Gasteiger partial charge in [-0.3, -0.25) is 4.79 Å². The zero-order chi connectivity index (χ0) is 8.69. The van der Waals surface area contributed by atoms with Gasteiger partial charge in [0.1, 0.15) is 0 Å². The average molecular weight is 151 g/mol. The van der Waals surface area contributed by atoms with Gasteiger partial charge in [0.05, 0.1) is 6.04 Å². The lowest BCUT2D eigenvalue weighted by Crippen LogP contribution is -2.31. The Morgan fingerprint density at radius 3 is 2.91 bits per heavy atom. The van der Waals surface area contributed by atoms with Gasteiger partial charge in [-0.2, -0.15) is 0 Å². The summed E-state index contributed by atoms with van der Waals surface area (Å²) in [4.78, 5) is 10.7. The molecule has 0 spiro atoms. The van der Waals surface area contributed by atoms with Crippen molar-refractivity contribution in [3.05, 3.63) is 12.7 Å². The van der Waals surface area contributed by atoms with E-state index in [0.717, 1.165) is 12.8 Å². The molecule has 11 heavy (non-hydrogen) atoms. The normalized spacial score (nSPS) is 11.3. The van der Waals surface area contributed by atoms with E-state index < -0.39 is 0 Å². The van der Waals surface area contributed by atoms with E-state index in [4.69, 9.17) is 6.42 Å². The molecule has 1 amide bonds. The minimum atomic E-state index is -0.207. The number of hydrogen-bond donors (Lipinski definition) is 1. The molecule has 2 heteroatoms. The van der Waals surface area contributed by atoms with E-state index in [-0.39, 0.29) is 11.9 Å². The number of nitrogens with one attached hydrogen (secondary N) is 1. The van der Waals surface area contributed by atoms with Gasteiger partial charge in [0, 0.05) is 0 Å². The summed E-state index contributed by atoms with van der Waals surface area (Å²) in [6, 6.07) is -0.148. The van der Waals surface area contributed by atoms with Crippen LogP contribution in [-0.2, 0) is 4.79 Å². The number of carbonyl (C=O) groups is 1. The van der Waals surface area contributed by atoms with Crippen molar-refractivity contribution in [2.24, 2.45) is 0 Å². The maximum absolute atomic E-state index is 10.7. The predicted molar refractivity (Wildman–Crippen MR) is 45.9 cm³/mol. The Bertz CT molecular complexity index is 178. The van der Waals surface area contributed by atoms with Gasteiger partial charge in [-0.25, -0.2) is 0 Å². The molecule has 1 atom stereocenters. The lowest BCUT2D eigenvalue weighted by Gasteiger charge is -2.08. The molecule has 1 unspecified atom stereocenters. The van der Waals surface area contributed by atoms with Gasteiger partial charge in [0.2, 0.25) is 5.91 Å². The lowest BCUT2D eigenvalue weighted by molar-refractivity contribution is -0.116. The first-order valence-electron chi connectivity index (χ1n) is 3.63. The molecule has 0 aromatic rings. The summed E-state index contributed by atoms with van der Waals surface area (Å²) in [5.74, 6) is 2.28. The van der Waals surface area contributed by atoms with Crippen LogP contribution in [0.2, 0.25) is 0 Å². The van der Waals surface area contributed by atoms with Crippen LogP contribution in [0.1, 0.15) is 19.8 Å². The van der Waals surface area contributed by atoms with Crippen molar-refractivity contribution < 1.29 is 4.79 Å². The van der Waals surface area contributed by atoms with E-state index in [9.17, 15) is 4.79 Å². The third kappa shape index (κ3) is 4.21. The maximum atomic E-state index is 10.7. The van der Waals surface area contributed by atoms with E-state index in [1.165, 1.54) is 6.08 Å². The first-order chi connectivity index (χ1) is 5.24. The molecule has 0 aromatic carbocycles. The van der Waals surface area contributed by atoms with Crippen LogP contribution in [0.25, 0.3) is 0 Å². The van der Waals surface area contributed by atoms with Crippen LogP contribution in [0.5, 0.6) is 0 Å². The standard InChI is InChI=1S/C9H13NO/c1-4-7-8(5-2)10-9(11)6-3/h2,6,8H,3-4,7H2,1H3,(H,10,11). The van der Waals surface area contributed by atoms with Crippen molar-refractivity contribution in [3.63, 3.8) is 0 Å². The highest BCUT2D eigenvalue weighted by molar-refractivity contribution is 5.87. The second-order valence-corrected chi connectivity index (χ2v) is 2.22. The molecule has 0 aliphatic rings. The van der Waals surface area contributed by atoms with Gasteiger partial charge in [-0.05, 0) is 12.5 Å². The Kier molecular flexibility index (Phi) is 4.93. The molecular formula is C9H13NO. The predicted octanol–water partition coefficient (Wildman–Crippen LogP) is 1.09. The molecule has 0 rings (SSSR count).